The first-order valence-corrected chi connectivity index (χ1v) is 11.9. The van der Waals surface area contributed by atoms with Crippen molar-refractivity contribution < 1.29 is 9.59 Å². The Morgan fingerprint density at radius 2 is 1.73 bits per heavy atom. The van der Waals surface area contributed by atoms with Crippen LogP contribution in [0.25, 0.3) is 0 Å². The van der Waals surface area contributed by atoms with E-state index in [-0.39, 0.29) is 23.8 Å². The third kappa shape index (κ3) is 5.61. The lowest BCUT2D eigenvalue weighted by atomic mass is 9.96. The maximum Gasteiger partial charge on any atom is 0.321 e. The molecule has 0 spiro atoms. The molecule has 1 atom stereocenters. The summed E-state index contributed by atoms with van der Waals surface area (Å²) in [4.78, 5) is 41.2. The summed E-state index contributed by atoms with van der Waals surface area (Å²) in [6, 6.07) is 11.3. The molecule has 176 valence electrons. The number of rotatable bonds is 4. The van der Waals surface area contributed by atoms with Gasteiger partial charge in [0.05, 0.1) is 5.92 Å². The van der Waals surface area contributed by atoms with Crippen molar-refractivity contribution in [3.8, 4) is 0 Å². The van der Waals surface area contributed by atoms with Gasteiger partial charge in [0, 0.05) is 62.6 Å². The Kier molecular flexibility index (Phi) is 7.11. The second kappa shape index (κ2) is 10.2. The molecule has 2 fully saturated rings. The number of likely N-dealkylation sites (tertiary alicyclic amines) is 1. The Labute approximate surface area is 196 Å². The summed E-state index contributed by atoms with van der Waals surface area (Å²) in [5, 5.41) is 2.93. The fraction of sp³-hybridized carbons (Fsp3) is 0.520. The zero-order valence-corrected chi connectivity index (χ0v) is 19.8. The van der Waals surface area contributed by atoms with Crippen LogP contribution < -0.4 is 10.2 Å². The Balaban J connectivity index is 1.32. The van der Waals surface area contributed by atoms with Gasteiger partial charge < -0.3 is 20.0 Å². The van der Waals surface area contributed by atoms with E-state index in [1.807, 2.05) is 48.2 Å². The molecule has 0 aliphatic carbocycles. The molecule has 1 aromatic carbocycles. The number of aromatic nitrogens is 2. The number of anilines is 2. The summed E-state index contributed by atoms with van der Waals surface area (Å²) < 4.78 is 0. The summed E-state index contributed by atoms with van der Waals surface area (Å²) in [6.07, 6.45) is 1.67. The molecule has 0 bridgehead atoms. The Morgan fingerprint density at radius 3 is 2.42 bits per heavy atom. The van der Waals surface area contributed by atoms with Gasteiger partial charge in [-0.15, -0.1) is 0 Å². The molecule has 0 radical (unpaired) electrons. The van der Waals surface area contributed by atoms with Crippen LogP contribution in [0, 0.1) is 12.8 Å². The zero-order valence-electron chi connectivity index (χ0n) is 19.8. The highest BCUT2D eigenvalue weighted by atomic mass is 16.2. The van der Waals surface area contributed by atoms with Gasteiger partial charge in [0.2, 0.25) is 5.91 Å². The van der Waals surface area contributed by atoms with Crippen molar-refractivity contribution in [2.75, 3.05) is 49.5 Å². The van der Waals surface area contributed by atoms with Gasteiger partial charge in [-0.05, 0) is 31.9 Å². The van der Waals surface area contributed by atoms with Gasteiger partial charge in [-0.1, -0.05) is 32.0 Å². The van der Waals surface area contributed by atoms with E-state index in [9.17, 15) is 9.59 Å². The molecule has 8 nitrogen and oxygen atoms in total. The minimum atomic E-state index is -0.138. The Bertz CT molecular complexity index is 972. The summed E-state index contributed by atoms with van der Waals surface area (Å²) in [7, 11) is 0. The fourth-order valence-electron chi connectivity index (χ4n) is 4.50. The van der Waals surface area contributed by atoms with Gasteiger partial charge >= 0.3 is 6.03 Å². The Hall–Kier alpha value is -3.16. The molecular weight excluding hydrogens is 416 g/mol. The molecule has 2 saturated heterocycles. The number of hydrogen-bond acceptors (Lipinski definition) is 5. The van der Waals surface area contributed by atoms with Crippen molar-refractivity contribution >= 4 is 23.4 Å². The average Bonchev–Trinajstić information content (AvgIpc) is 2.84. The molecule has 1 N–H and O–H groups in total. The maximum absolute atomic E-state index is 13.2. The number of amides is 3. The van der Waals surface area contributed by atoms with Crippen molar-refractivity contribution in [1.82, 2.24) is 19.8 Å². The topological polar surface area (TPSA) is 81.7 Å². The predicted molar refractivity (Wildman–Crippen MR) is 129 cm³/mol. The van der Waals surface area contributed by atoms with Crippen LogP contribution in [0.4, 0.5) is 16.3 Å². The largest absolute Gasteiger partial charge is 0.353 e. The minimum absolute atomic E-state index is 0.136. The lowest BCUT2D eigenvalue weighted by Crippen LogP contribution is -2.53. The number of aryl methyl sites for hydroxylation is 1. The molecule has 0 saturated carbocycles. The summed E-state index contributed by atoms with van der Waals surface area (Å²) in [6.45, 7) is 10.2. The first-order chi connectivity index (χ1) is 15.9. The standard InChI is InChI=1S/C25H34N6O2/c1-18(2)23-26-19(3)16-22(28-23)29-12-14-30(15-13-29)24(32)20-8-7-11-31(17-20)25(33)27-21-9-5-4-6-10-21/h4-6,9-10,16,18,20H,7-8,11-15,17H2,1-3H3,(H,27,33)/t20-/m1/s1. The smallest absolute Gasteiger partial charge is 0.321 e. The second-order valence-corrected chi connectivity index (χ2v) is 9.27. The highest BCUT2D eigenvalue weighted by Gasteiger charge is 2.33. The summed E-state index contributed by atoms with van der Waals surface area (Å²) >= 11 is 0. The number of benzene rings is 1. The highest BCUT2D eigenvalue weighted by Crippen LogP contribution is 2.23. The van der Waals surface area contributed by atoms with Crippen LogP contribution in [0.2, 0.25) is 0 Å². The highest BCUT2D eigenvalue weighted by molar-refractivity contribution is 5.90. The second-order valence-electron chi connectivity index (χ2n) is 9.27. The number of urea groups is 1. The molecule has 2 aliphatic heterocycles. The van der Waals surface area contributed by atoms with E-state index in [1.165, 1.54) is 0 Å². The lowest BCUT2D eigenvalue weighted by Gasteiger charge is -2.39. The Morgan fingerprint density at radius 1 is 1.00 bits per heavy atom. The van der Waals surface area contributed by atoms with Gasteiger partial charge in [0.15, 0.2) is 0 Å². The van der Waals surface area contributed by atoms with Gasteiger partial charge in [0.1, 0.15) is 11.6 Å². The lowest BCUT2D eigenvalue weighted by molar-refractivity contribution is -0.137. The van der Waals surface area contributed by atoms with Crippen molar-refractivity contribution in [3.63, 3.8) is 0 Å². The molecule has 4 rings (SSSR count). The van der Waals surface area contributed by atoms with E-state index in [0.717, 1.165) is 49.0 Å². The van der Waals surface area contributed by atoms with Crippen molar-refractivity contribution in [3.05, 3.63) is 47.9 Å². The van der Waals surface area contributed by atoms with E-state index >= 15 is 0 Å². The van der Waals surface area contributed by atoms with Gasteiger partial charge in [-0.25, -0.2) is 14.8 Å². The SMILES string of the molecule is Cc1cc(N2CCN(C(=O)[C@@H]3CCCN(C(=O)Nc4ccccc4)C3)CC2)nc(C(C)C)n1. The molecule has 1 aromatic heterocycles. The number of carbonyl (C=O) groups excluding carboxylic acids is 2. The van der Waals surface area contributed by atoms with Crippen LogP contribution in [-0.4, -0.2) is 71.0 Å². The maximum atomic E-state index is 13.2. The van der Waals surface area contributed by atoms with E-state index in [0.29, 0.717) is 26.2 Å². The molecule has 3 heterocycles. The molecule has 33 heavy (non-hydrogen) atoms. The van der Waals surface area contributed by atoms with E-state index in [4.69, 9.17) is 4.98 Å². The molecule has 2 aromatic rings. The molecule has 3 amide bonds. The van der Waals surface area contributed by atoms with Crippen molar-refractivity contribution in [2.45, 2.75) is 39.5 Å². The predicted octanol–water partition coefficient (Wildman–Crippen LogP) is 3.50. The molecule has 0 unspecified atom stereocenters. The fourth-order valence-corrected chi connectivity index (χ4v) is 4.50. The van der Waals surface area contributed by atoms with E-state index in [2.05, 4.69) is 29.0 Å². The number of piperazine rings is 1. The minimum Gasteiger partial charge on any atom is -0.353 e. The summed E-state index contributed by atoms with van der Waals surface area (Å²) in [5.74, 6) is 2.11. The number of nitrogens with zero attached hydrogens (tertiary/aromatic N) is 5. The van der Waals surface area contributed by atoms with E-state index < -0.39 is 0 Å². The average molecular weight is 451 g/mol. The number of piperidine rings is 1. The molecule has 8 heteroatoms. The van der Waals surface area contributed by atoms with Crippen LogP contribution >= 0.6 is 0 Å². The summed E-state index contributed by atoms with van der Waals surface area (Å²) in [5.41, 5.74) is 1.74. The first-order valence-electron chi connectivity index (χ1n) is 11.9. The van der Waals surface area contributed by atoms with E-state index in [1.54, 1.807) is 4.90 Å². The zero-order chi connectivity index (χ0) is 23.4. The first kappa shape index (κ1) is 23.0. The van der Waals surface area contributed by atoms with Crippen LogP contribution in [0.1, 0.15) is 44.1 Å². The van der Waals surface area contributed by atoms with Crippen LogP contribution in [0.3, 0.4) is 0 Å². The number of para-hydroxylation sites is 1. The van der Waals surface area contributed by atoms with Crippen LogP contribution in [-0.2, 0) is 4.79 Å². The van der Waals surface area contributed by atoms with Gasteiger partial charge in [-0.3, -0.25) is 4.79 Å². The van der Waals surface area contributed by atoms with Gasteiger partial charge in [0.25, 0.3) is 0 Å². The quantitative estimate of drug-likeness (QED) is 0.771. The van der Waals surface area contributed by atoms with Crippen molar-refractivity contribution in [1.29, 1.82) is 0 Å². The number of carbonyl (C=O) groups is 2. The molecular formula is C25H34N6O2. The normalized spacial score (nSPS) is 19.0. The van der Waals surface area contributed by atoms with Gasteiger partial charge in [-0.2, -0.15) is 0 Å². The van der Waals surface area contributed by atoms with Crippen LogP contribution in [0.15, 0.2) is 36.4 Å². The number of hydrogen-bond donors (Lipinski definition) is 1. The van der Waals surface area contributed by atoms with Crippen LogP contribution in [0.5, 0.6) is 0 Å². The van der Waals surface area contributed by atoms with Crippen molar-refractivity contribution in [2.24, 2.45) is 5.92 Å². The third-order valence-corrected chi connectivity index (χ3v) is 6.37. The number of nitrogens with one attached hydrogen (secondary N) is 1. The third-order valence-electron chi connectivity index (χ3n) is 6.37. The molecule has 2 aliphatic rings. The monoisotopic (exact) mass is 450 g/mol.